The van der Waals surface area contributed by atoms with Crippen molar-refractivity contribution >= 4 is 27.6 Å². The lowest BCUT2D eigenvalue weighted by Gasteiger charge is -2.10. The summed E-state index contributed by atoms with van der Waals surface area (Å²) in [5, 5.41) is 5.60. The van der Waals surface area contributed by atoms with Gasteiger partial charge in [0.25, 0.3) is 0 Å². The average molecular weight is 350 g/mol. The first-order valence-electron chi connectivity index (χ1n) is 6.38. The second-order valence-electron chi connectivity index (χ2n) is 4.48. The highest BCUT2D eigenvalue weighted by molar-refractivity contribution is 9.10. The third kappa shape index (κ3) is 4.46. The molecule has 2 N–H and O–H groups in total. The van der Waals surface area contributed by atoms with Crippen LogP contribution in [0.25, 0.3) is 0 Å². The Hall–Kier alpha value is -2.08. The van der Waals surface area contributed by atoms with E-state index in [1.807, 2.05) is 31.2 Å². The number of carbonyl (C=O) groups is 1. The minimum atomic E-state index is -0.257. The lowest BCUT2D eigenvalue weighted by atomic mass is 10.2. The maximum atomic E-state index is 11.9. The molecular formula is C15H16BrN3O2. The zero-order chi connectivity index (χ0) is 15.2. The summed E-state index contributed by atoms with van der Waals surface area (Å²) in [6.45, 7) is 2.34. The Morgan fingerprint density at radius 1 is 1.33 bits per heavy atom. The van der Waals surface area contributed by atoms with Crippen molar-refractivity contribution in [2.45, 2.75) is 13.5 Å². The zero-order valence-corrected chi connectivity index (χ0v) is 13.4. The third-order valence-corrected chi connectivity index (χ3v) is 3.40. The van der Waals surface area contributed by atoms with Gasteiger partial charge >= 0.3 is 6.03 Å². The Labute approximate surface area is 131 Å². The second kappa shape index (κ2) is 7.08. The number of rotatable bonds is 4. The van der Waals surface area contributed by atoms with Gasteiger partial charge in [-0.15, -0.1) is 0 Å². The van der Waals surface area contributed by atoms with Gasteiger partial charge in [-0.25, -0.2) is 9.78 Å². The molecule has 0 aliphatic carbocycles. The molecule has 0 saturated heterocycles. The largest absolute Gasteiger partial charge is 0.481 e. The van der Waals surface area contributed by atoms with Crippen LogP contribution in [-0.4, -0.2) is 18.1 Å². The maximum absolute atomic E-state index is 11.9. The summed E-state index contributed by atoms with van der Waals surface area (Å²) in [4.78, 5) is 16.0. The van der Waals surface area contributed by atoms with E-state index in [0.29, 0.717) is 12.4 Å². The first-order valence-corrected chi connectivity index (χ1v) is 7.17. The topological polar surface area (TPSA) is 63.2 Å². The molecule has 0 aliphatic heterocycles. The molecule has 2 rings (SSSR count). The Bertz CT molecular complexity index is 629. The van der Waals surface area contributed by atoms with E-state index in [2.05, 4.69) is 31.5 Å². The molecule has 2 aromatic rings. The molecule has 1 aromatic carbocycles. The number of nitrogens with zero attached hydrogens (tertiary/aromatic N) is 1. The normalized spacial score (nSPS) is 10.0. The van der Waals surface area contributed by atoms with Crippen molar-refractivity contribution in [2.24, 2.45) is 0 Å². The predicted molar refractivity (Wildman–Crippen MR) is 85.5 cm³/mol. The van der Waals surface area contributed by atoms with Crippen LogP contribution in [0.3, 0.4) is 0 Å². The number of aromatic nitrogens is 1. The number of hydrogen-bond donors (Lipinski definition) is 2. The molecule has 1 heterocycles. The molecule has 0 aliphatic rings. The number of urea groups is 1. The first kappa shape index (κ1) is 15.3. The molecule has 0 atom stereocenters. The molecule has 0 unspecified atom stereocenters. The molecule has 0 spiro atoms. The number of carbonyl (C=O) groups excluding carboxylic acids is 1. The van der Waals surface area contributed by atoms with Crippen LogP contribution in [0.4, 0.5) is 10.5 Å². The third-order valence-electron chi connectivity index (χ3n) is 2.91. The van der Waals surface area contributed by atoms with E-state index >= 15 is 0 Å². The fraction of sp³-hybridized carbons (Fsp3) is 0.200. The van der Waals surface area contributed by atoms with Gasteiger partial charge in [0.15, 0.2) is 0 Å². The number of pyridine rings is 1. The van der Waals surface area contributed by atoms with Crippen LogP contribution in [0.5, 0.6) is 5.88 Å². The van der Waals surface area contributed by atoms with Gasteiger partial charge in [-0.3, -0.25) is 0 Å². The van der Waals surface area contributed by atoms with Crippen molar-refractivity contribution in [1.82, 2.24) is 10.3 Å². The van der Waals surface area contributed by atoms with Crippen LogP contribution in [0, 0.1) is 6.92 Å². The average Bonchev–Trinajstić information content (AvgIpc) is 2.49. The van der Waals surface area contributed by atoms with Crippen LogP contribution in [0.15, 0.2) is 41.0 Å². The molecular weight excluding hydrogens is 334 g/mol. The quantitative estimate of drug-likeness (QED) is 0.887. The van der Waals surface area contributed by atoms with Gasteiger partial charge < -0.3 is 15.4 Å². The predicted octanol–water partition coefficient (Wildman–Crippen LogP) is 3.48. The smallest absolute Gasteiger partial charge is 0.319 e. The van der Waals surface area contributed by atoms with Gasteiger partial charge in [-0.2, -0.15) is 0 Å². The molecule has 21 heavy (non-hydrogen) atoms. The molecule has 1 aromatic heterocycles. The van der Waals surface area contributed by atoms with Gasteiger partial charge in [0, 0.05) is 29.0 Å². The first-order chi connectivity index (χ1) is 10.1. The van der Waals surface area contributed by atoms with E-state index in [0.717, 1.165) is 21.3 Å². The maximum Gasteiger partial charge on any atom is 0.319 e. The molecule has 0 saturated carbocycles. The van der Waals surface area contributed by atoms with Crippen LogP contribution < -0.4 is 15.4 Å². The summed E-state index contributed by atoms with van der Waals surface area (Å²) in [5.41, 5.74) is 2.67. The number of anilines is 1. The van der Waals surface area contributed by atoms with Gasteiger partial charge in [0.1, 0.15) is 0 Å². The van der Waals surface area contributed by atoms with E-state index < -0.39 is 0 Å². The van der Waals surface area contributed by atoms with Crippen molar-refractivity contribution in [3.05, 3.63) is 52.1 Å². The Kier molecular flexibility index (Phi) is 5.16. The standard InChI is InChI=1S/C15H16BrN3O2/c1-10-3-5-12(16)7-13(10)19-15(20)18-9-11-4-6-14(21-2)17-8-11/h3-8H,9H2,1-2H3,(H2,18,19,20). The lowest BCUT2D eigenvalue weighted by Crippen LogP contribution is -2.28. The van der Waals surface area contributed by atoms with Crippen molar-refractivity contribution < 1.29 is 9.53 Å². The van der Waals surface area contributed by atoms with Gasteiger partial charge in [-0.1, -0.05) is 28.1 Å². The highest BCUT2D eigenvalue weighted by atomic mass is 79.9. The highest BCUT2D eigenvalue weighted by Crippen LogP contribution is 2.20. The van der Waals surface area contributed by atoms with Crippen molar-refractivity contribution in [2.75, 3.05) is 12.4 Å². The Morgan fingerprint density at radius 3 is 2.81 bits per heavy atom. The van der Waals surface area contributed by atoms with Crippen molar-refractivity contribution in [3.8, 4) is 5.88 Å². The molecule has 0 bridgehead atoms. The number of nitrogens with one attached hydrogen (secondary N) is 2. The van der Waals surface area contributed by atoms with Crippen molar-refractivity contribution in [3.63, 3.8) is 0 Å². The van der Waals surface area contributed by atoms with Crippen LogP contribution in [0.2, 0.25) is 0 Å². The Balaban J connectivity index is 1.91. The number of amides is 2. The minimum Gasteiger partial charge on any atom is -0.481 e. The molecule has 5 nitrogen and oxygen atoms in total. The van der Waals surface area contributed by atoms with E-state index in [1.165, 1.54) is 0 Å². The summed E-state index contributed by atoms with van der Waals surface area (Å²) < 4.78 is 5.90. The number of hydrogen-bond acceptors (Lipinski definition) is 3. The van der Waals surface area contributed by atoms with Gasteiger partial charge in [0.2, 0.25) is 5.88 Å². The van der Waals surface area contributed by atoms with E-state index in [1.54, 1.807) is 19.4 Å². The molecule has 2 amide bonds. The molecule has 6 heteroatoms. The number of methoxy groups -OCH3 is 1. The van der Waals surface area contributed by atoms with E-state index in [9.17, 15) is 4.79 Å². The van der Waals surface area contributed by atoms with Crippen LogP contribution in [-0.2, 0) is 6.54 Å². The molecule has 0 fully saturated rings. The number of benzene rings is 1. The zero-order valence-electron chi connectivity index (χ0n) is 11.8. The summed E-state index contributed by atoms with van der Waals surface area (Å²) in [6.07, 6.45) is 1.67. The van der Waals surface area contributed by atoms with Gasteiger partial charge in [0.05, 0.1) is 7.11 Å². The number of halogens is 1. The lowest BCUT2D eigenvalue weighted by molar-refractivity contribution is 0.251. The van der Waals surface area contributed by atoms with Gasteiger partial charge in [-0.05, 0) is 30.2 Å². The summed E-state index contributed by atoms with van der Waals surface area (Å²) in [7, 11) is 1.56. The second-order valence-corrected chi connectivity index (χ2v) is 5.39. The molecule has 110 valence electrons. The Morgan fingerprint density at radius 2 is 2.14 bits per heavy atom. The summed E-state index contributed by atoms with van der Waals surface area (Å²) in [5.74, 6) is 0.549. The fourth-order valence-corrected chi connectivity index (χ4v) is 2.08. The van der Waals surface area contributed by atoms with Crippen LogP contribution >= 0.6 is 15.9 Å². The highest BCUT2D eigenvalue weighted by Gasteiger charge is 2.05. The van der Waals surface area contributed by atoms with E-state index in [-0.39, 0.29) is 6.03 Å². The monoisotopic (exact) mass is 349 g/mol. The fourth-order valence-electron chi connectivity index (χ4n) is 1.71. The SMILES string of the molecule is COc1ccc(CNC(=O)Nc2cc(Br)ccc2C)cn1. The van der Waals surface area contributed by atoms with Crippen molar-refractivity contribution in [1.29, 1.82) is 0 Å². The molecule has 0 radical (unpaired) electrons. The van der Waals surface area contributed by atoms with Crippen LogP contribution in [0.1, 0.15) is 11.1 Å². The summed E-state index contributed by atoms with van der Waals surface area (Å²) in [6, 6.07) is 9.09. The summed E-state index contributed by atoms with van der Waals surface area (Å²) >= 11 is 3.38. The van der Waals surface area contributed by atoms with E-state index in [4.69, 9.17) is 4.74 Å². The number of aryl methyl sites for hydroxylation is 1. The minimum absolute atomic E-state index is 0.257. The number of ether oxygens (including phenoxy) is 1.